The fourth-order valence-corrected chi connectivity index (χ4v) is 2.42. The van der Waals surface area contributed by atoms with Crippen LogP contribution in [0.15, 0.2) is 6.20 Å². The van der Waals surface area contributed by atoms with Crippen LogP contribution in [-0.2, 0) is 0 Å². The molecule has 0 spiro atoms. The first-order valence-electron chi connectivity index (χ1n) is 5.54. The van der Waals surface area contributed by atoms with Crippen LogP contribution in [0.1, 0.15) is 26.7 Å². The predicted octanol–water partition coefficient (Wildman–Crippen LogP) is 2.89. The van der Waals surface area contributed by atoms with Crippen LogP contribution < -0.4 is 4.90 Å². The lowest BCUT2D eigenvalue weighted by Crippen LogP contribution is -2.34. The Bertz CT molecular complexity index is 383. The van der Waals surface area contributed by atoms with Crippen molar-refractivity contribution in [2.75, 3.05) is 11.4 Å². The van der Waals surface area contributed by atoms with E-state index in [9.17, 15) is 4.39 Å². The monoisotopic (exact) mass is 243 g/mol. The third kappa shape index (κ3) is 2.12. The van der Waals surface area contributed by atoms with Gasteiger partial charge in [0, 0.05) is 12.6 Å². The van der Waals surface area contributed by atoms with Gasteiger partial charge in [0.15, 0.2) is 11.6 Å². The standard InChI is InChI=1S/C11H15ClFN3/c1-7(2)9-4-3-5-16(9)10-8(13)6-14-11(12)15-10/h6-7,9H,3-5H2,1-2H3. The van der Waals surface area contributed by atoms with E-state index >= 15 is 0 Å². The van der Waals surface area contributed by atoms with Crippen LogP contribution in [0, 0.1) is 11.7 Å². The quantitative estimate of drug-likeness (QED) is 0.748. The molecule has 5 heteroatoms. The maximum absolute atomic E-state index is 13.6. The van der Waals surface area contributed by atoms with E-state index < -0.39 is 5.82 Å². The average Bonchev–Trinajstić information content (AvgIpc) is 2.70. The third-order valence-corrected chi connectivity index (χ3v) is 3.22. The van der Waals surface area contributed by atoms with Gasteiger partial charge in [0.1, 0.15) is 0 Å². The van der Waals surface area contributed by atoms with Gasteiger partial charge >= 0.3 is 0 Å². The van der Waals surface area contributed by atoms with E-state index in [1.54, 1.807) is 0 Å². The van der Waals surface area contributed by atoms with E-state index in [-0.39, 0.29) is 5.28 Å². The molecule has 3 nitrogen and oxygen atoms in total. The van der Waals surface area contributed by atoms with Crippen molar-refractivity contribution < 1.29 is 4.39 Å². The smallest absolute Gasteiger partial charge is 0.224 e. The summed E-state index contributed by atoms with van der Waals surface area (Å²) < 4.78 is 13.6. The molecule has 1 fully saturated rings. The van der Waals surface area contributed by atoms with E-state index in [1.165, 1.54) is 0 Å². The maximum Gasteiger partial charge on any atom is 0.224 e. The van der Waals surface area contributed by atoms with Gasteiger partial charge in [0.25, 0.3) is 0 Å². The van der Waals surface area contributed by atoms with Crippen molar-refractivity contribution in [3.63, 3.8) is 0 Å². The molecule has 0 aromatic carbocycles. The molecule has 0 radical (unpaired) electrons. The molecule has 0 amide bonds. The van der Waals surface area contributed by atoms with E-state index in [0.717, 1.165) is 25.6 Å². The Balaban J connectivity index is 2.32. The summed E-state index contributed by atoms with van der Waals surface area (Å²) in [5, 5.41) is 0.103. The minimum Gasteiger partial charge on any atom is -0.351 e. The van der Waals surface area contributed by atoms with Crippen molar-refractivity contribution in [2.24, 2.45) is 5.92 Å². The Morgan fingerprint density at radius 1 is 1.56 bits per heavy atom. The van der Waals surface area contributed by atoms with Crippen LogP contribution in [0.4, 0.5) is 10.2 Å². The summed E-state index contributed by atoms with van der Waals surface area (Å²) in [5.74, 6) is 0.434. The van der Waals surface area contributed by atoms with Crippen LogP contribution in [0.25, 0.3) is 0 Å². The highest BCUT2D eigenvalue weighted by Gasteiger charge is 2.30. The average molecular weight is 244 g/mol. The van der Waals surface area contributed by atoms with Crippen molar-refractivity contribution in [1.29, 1.82) is 0 Å². The van der Waals surface area contributed by atoms with Gasteiger partial charge in [-0.3, -0.25) is 0 Å². The lowest BCUT2D eigenvalue weighted by Gasteiger charge is -2.28. The third-order valence-electron chi connectivity index (χ3n) is 3.04. The fourth-order valence-electron chi connectivity index (χ4n) is 2.29. The van der Waals surface area contributed by atoms with Gasteiger partial charge in [-0.1, -0.05) is 13.8 Å². The van der Waals surface area contributed by atoms with Crippen LogP contribution in [0.5, 0.6) is 0 Å². The summed E-state index contributed by atoms with van der Waals surface area (Å²) in [5.41, 5.74) is 0. The minimum absolute atomic E-state index is 0.103. The van der Waals surface area contributed by atoms with E-state index in [4.69, 9.17) is 11.6 Å². The lowest BCUT2D eigenvalue weighted by atomic mass is 10.0. The first-order chi connectivity index (χ1) is 7.59. The molecule has 0 bridgehead atoms. The highest BCUT2D eigenvalue weighted by Crippen LogP contribution is 2.30. The summed E-state index contributed by atoms with van der Waals surface area (Å²) in [6, 6.07) is 0.348. The van der Waals surface area contributed by atoms with Crippen molar-refractivity contribution in [3.05, 3.63) is 17.3 Å². The minimum atomic E-state index is -0.392. The van der Waals surface area contributed by atoms with Gasteiger partial charge < -0.3 is 4.90 Å². The number of rotatable bonds is 2. The molecule has 1 aliphatic rings. The molecular weight excluding hydrogens is 229 g/mol. The number of anilines is 1. The lowest BCUT2D eigenvalue weighted by molar-refractivity contribution is 0.481. The Morgan fingerprint density at radius 2 is 2.31 bits per heavy atom. The summed E-state index contributed by atoms with van der Waals surface area (Å²) in [6.07, 6.45) is 3.29. The number of aromatic nitrogens is 2. The molecule has 1 unspecified atom stereocenters. The van der Waals surface area contributed by atoms with Gasteiger partial charge in [0.05, 0.1) is 6.20 Å². The largest absolute Gasteiger partial charge is 0.351 e. The van der Waals surface area contributed by atoms with E-state index in [1.807, 2.05) is 4.90 Å². The Morgan fingerprint density at radius 3 is 3.00 bits per heavy atom. The second kappa shape index (κ2) is 4.53. The zero-order valence-electron chi connectivity index (χ0n) is 9.45. The van der Waals surface area contributed by atoms with Crippen LogP contribution >= 0.6 is 11.6 Å². The second-order valence-corrected chi connectivity index (χ2v) is 4.80. The van der Waals surface area contributed by atoms with Crippen LogP contribution in [-0.4, -0.2) is 22.6 Å². The second-order valence-electron chi connectivity index (χ2n) is 4.46. The van der Waals surface area contributed by atoms with Gasteiger partial charge in [-0.2, -0.15) is 4.98 Å². The molecule has 16 heavy (non-hydrogen) atoms. The molecule has 1 atom stereocenters. The number of hydrogen-bond acceptors (Lipinski definition) is 3. The highest BCUT2D eigenvalue weighted by molar-refractivity contribution is 6.28. The van der Waals surface area contributed by atoms with Crippen molar-refractivity contribution in [2.45, 2.75) is 32.7 Å². The fraction of sp³-hybridized carbons (Fsp3) is 0.636. The van der Waals surface area contributed by atoms with E-state index in [2.05, 4.69) is 23.8 Å². The molecule has 0 aliphatic carbocycles. The van der Waals surface area contributed by atoms with Gasteiger partial charge in [-0.15, -0.1) is 0 Å². The summed E-state index contributed by atoms with van der Waals surface area (Å²) in [4.78, 5) is 9.63. The first kappa shape index (κ1) is 11.6. The Kier molecular flexibility index (Phi) is 3.28. The number of halogens is 2. The topological polar surface area (TPSA) is 29.0 Å². The predicted molar refractivity (Wildman–Crippen MR) is 62.2 cm³/mol. The maximum atomic E-state index is 13.6. The van der Waals surface area contributed by atoms with E-state index in [0.29, 0.717) is 17.8 Å². The molecule has 1 aromatic rings. The molecule has 1 aromatic heterocycles. The SMILES string of the molecule is CC(C)C1CCCN1c1nc(Cl)ncc1F. The van der Waals surface area contributed by atoms with Crippen LogP contribution in [0.3, 0.4) is 0 Å². The number of hydrogen-bond donors (Lipinski definition) is 0. The zero-order chi connectivity index (χ0) is 11.7. The van der Waals surface area contributed by atoms with Gasteiger partial charge in [-0.05, 0) is 30.4 Å². The molecule has 2 rings (SSSR count). The molecular formula is C11H15ClFN3. The summed E-state index contributed by atoms with van der Waals surface area (Å²) in [7, 11) is 0. The summed E-state index contributed by atoms with van der Waals surface area (Å²) >= 11 is 5.71. The summed E-state index contributed by atoms with van der Waals surface area (Å²) in [6.45, 7) is 5.13. The molecule has 88 valence electrons. The van der Waals surface area contributed by atoms with Crippen molar-refractivity contribution >= 4 is 17.4 Å². The molecule has 0 N–H and O–H groups in total. The van der Waals surface area contributed by atoms with Gasteiger partial charge in [-0.25, -0.2) is 9.37 Å². The molecule has 1 aliphatic heterocycles. The van der Waals surface area contributed by atoms with Crippen molar-refractivity contribution in [1.82, 2.24) is 9.97 Å². The molecule has 0 saturated carbocycles. The normalized spacial score (nSPS) is 20.8. The highest BCUT2D eigenvalue weighted by atomic mass is 35.5. The first-order valence-corrected chi connectivity index (χ1v) is 5.92. The Labute approximate surface area is 99.6 Å². The molecule has 1 saturated heterocycles. The Hall–Kier alpha value is -0.900. The van der Waals surface area contributed by atoms with Crippen LogP contribution in [0.2, 0.25) is 5.28 Å². The zero-order valence-corrected chi connectivity index (χ0v) is 10.2. The molecule has 2 heterocycles. The van der Waals surface area contributed by atoms with Gasteiger partial charge in [0.2, 0.25) is 5.28 Å². The number of nitrogens with zero attached hydrogens (tertiary/aromatic N) is 3. The van der Waals surface area contributed by atoms with Crippen molar-refractivity contribution in [3.8, 4) is 0 Å².